The Hall–Kier alpha value is -1.60. The molecule has 2 amide bonds. The first-order chi connectivity index (χ1) is 10.7. The Kier molecular flexibility index (Phi) is 5.01. The molecule has 1 aromatic heterocycles. The molecule has 2 rings (SSSR count). The van der Waals surface area contributed by atoms with Crippen molar-refractivity contribution in [2.24, 2.45) is 5.41 Å². The van der Waals surface area contributed by atoms with E-state index >= 15 is 0 Å². The van der Waals surface area contributed by atoms with Crippen molar-refractivity contribution in [1.29, 1.82) is 0 Å². The van der Waals surface area contributed by atoms with Gasteiger partial charge < -0.3 is 15.0 Å². The van der Waals surface area contributed by atoms with Gasteiger partial charge in [-0.1, -0.05) is 13.8 Å². The molecule has 2 N–H and O–H groups in total. The van der Waals surface area contributed by atoms with E-state index in [0.717, 1.165) is 19.5 Å². The fraction of sp³-hybridized carbons (Fsp3) is 0.750. The monoisotopic (exact) mass is 323 g/mol. The van der Waals surface area contributed by atoms with E-state index in [2.05, 4.69) is 41.4 Å². The Labute approximate surface area is 138 Å². The Bertz CT molecular complexity index is 554. The minimum atomic E-state index is -0.223. The molecule has 1 aromatic rings. The van der Waals surface area contributed by atoms with Crippen molar-refractivity contribution in [3.05, 3.63) is 12.3 Å². The van der Waals surface area contributed by atoms with Crippen LogP contribution in [-0.2, 0) is 11.3 Å². The normalized spacial score (nSPS) is 26.0. The molecular formula is C16H29N5O2. The second-order valence-electron chi connectivity index (χ2n) is 7.28. The van der Waals surface area contributed by atoms with Crippen LogP contribution in [0.2, 0.25) is 0 Å². The number of urea groups is 1. The largest absolute Gasteiger partial charge is 0.378 e. The Morgan fingerprint density at radius 3 is 2.74 bits per heavy atom. The van der Waals surface area contributed by atoms with Gasteiger partial charge in [0, 0.05) is 37.4 Å². The maximum Gasteiger partial charge on any atom is 0.320 e. The maximum atomic E-state index is 12.2. The fourth-order valence-electron chi connectivity index (χ4n) is 2.89. The van der Waals surface area contributed by atoms with Crippen LogP contribution in [0.1, 0.15) is 27.2 Å². The number of hydrogen-bond acceptors (Lipinski definition) is 4. The minimum Gasteiger partial charge on any atom is -0.378 e. The molecule has 0 aromatic carbocycles. The highest BCUT2D eigenvalue weighted by Crippen LogP contribution is 2.51. The zero-order valence-electron chi connectivity index (χ0n) is 15.0. The summed E-state index contributed by atoms with van der Waals surface area (Å²) in [7, 11) is 5.76. The lowest BCUT2D eigenvalue weighted by Gasteiger charge is -2.58. The minimum absolute atomic E-state index is 0.0864. The van der Waals surface area contributed by atoms with Crippen LogP contribution >= 0.6 is 0 Å². The predicted octanol–water partition coefficient (Wildman–Crippen LogP) is 1.77. The van der Waals surface area contributed by atoms with Crippen LogP contribution in [0.4, 0.5) is 10.6 Å². The number of anilines is 1. The molecule has 1 fully saturated rings. The molecule has 0 saturated heterocycles. The van der Waals surface area contributed by atoms with Crippen molar-refractivity contribution in [3.8, 4) is 0 Å². The number of carbonyl (C=O) groups is 1. The number of ether oxygens (including phenoxy) is 1. The van der Waals surface area contributed by atoms with E-state index in [1.165, 1.54) is 0 Å². The van der Waals surface area contributed by atoms with Gasteiger partial charge in [-0.15, -0.1) is 0 Å². The van der Waals surface area contributed by atoms with Crippen molar-refractivity contribution >= 4 is 11.8 Å². The number of aromatic nitrogens is 2. The number of likely N-dealkylation sites (N-methyl/N-ethyl adjacent to an activating group) is 1. The van der Waals surface area contributed by atoms with E-state index in [1.54, 1.807) is 13.2 Å². The highest BCUT2D eigenvalue weighted by molar-refractivity contribution is 5.88. The van der Waals surface area contributed by atoms with E-state index in [-0.39, 0.29) is 23.1 Å². The van der Waals surface area contributed by atoms with Gasteiger partial charge >= 0.3 is 6.03 Å². The lowest BCUT2D eigenvalue weighted by molar-refractivity contribution is -0.177. The van der Waals surface area contributed by atoms with E-state index in [9.17, 15) is 4.79 Å². The summed E-state index contributed by atoms with van der Waals surface area (Å²) in [6.07, 6.45) is 2.68. The van der Waals surface area contributed by atoms with Gasteiger partial charge in [-0.3, -0.25) is 10.00 Å². The fourth-order valence-corrected chi connectivity index (χ4v) is 2.89. The molecule has 0 aliphatic heterocycles. The molecule has 1 saturated carbocycles. The molecule has 7 nitrogen and oxygen atoms in total. The third-order valence-corrected chi connectivity index (χ3v) is 5.24. The first-order valence-corrected chi connectivity index (χ1v) is 7.99. The molecule has 23 heavy (non-hydrogen) atoms. The maximum absolute atomic E-state index is 12.2. The molecule has 0 unspecified atom stereocenters. The van der Waals surface area contributed by atoms with E-state index in [4.69, 9.17) is 4.74 Å². The first-order valence-electron chi connectivity index (χ1n) is 7.99. The summed E-state index contributed by atoms with van der Waals surface area (Å²) in [5.41, 5.74) is -0.303. The van der Waals surface area contributed by atoms with Crippen molar-refractivity contribution in [3.63, 3.8) is 0 Å². The molecule has 0 radical (unpaired) electrons. The number of methoxy groups -OCH3 is 1. The van der Waals surface area contributed by atoms with Crippen LogP contribution in [0.3, 0.4) is 0 Å². The molecule has 1 aliphatic carbocycles. The number of amides is 2. The van der Waals surface area contributed by atoms with Crippen molar-refractivity contribution < 1.29 is 9.53 Å². The lowest BCUT2D eigenvalue weighted by Crippen LogP contribution is -2.68. The van der Waals surface area contributed by atoms with E-state index < -0.39 is 0 Å². The predicted molar refractivity (Wildman–Crippen MR) is 90.5 cm³/mol. The second-order valence-corrected chi connectivity index (χ2v) is 7.28. The summed E-state index contributed by atoms with van der Waals surface area (Å²) in [4.78, 5) is 14.2. The Morgan fingerprint density at radius 1 is 1.48 bits per heavy atom. The highest BCUT2D eigenvalue weighted by Gasteiger charge is 2.58. The molecule has 130 valence electrons. The summed E-state index contributed by atoms with van der Waals surface area (Å²) in [5, 5.41) is 10.2. The van der Waals surface area contributed by atoms with Gasteiger partial charge in [-0.2, -0.15) is 5.10 Å². The molecule has 2 atom stereocenters. The van der Waals surface area contributed by atoms with E-state index in [0.29, 0.717) is 5.82 Å². The smallest absolute Gasteiger partial charge is 0.320 e. The van der Waals surface area contributed by atoms with Gasteiger partial charge in [-0.05, 0) is 27.4 Å². The lowest BCUT2D eigenvalue weighted by atomic mass is 9.56. The van der Waals surface area contributed by atoms with Gasteiger partial charge in [0.1, 0.15) is 0 Å². The summed E-state index contributed by atoms with van der Waals surface area (Å²) in [6.45, 7) is 7.99. The Balaban J connectivity index is 1.84. The summed E-state index contributed by atoms with van der Waals surface area (Å²) in [5.74, 6) is 0.563. The number of rotatable bonds is 6. The highest BCUT2D eigenvalue weighted by atomic mass is 16.5. The molecule has 7 heteroatoms. The van der Waals surface area contributed by atoms with Crippen LogP contribution in [-0.4, -0.2) is 60.1 Å². The summed E-state index contributed by atoms with van der Waals surface area (Å²) >= 11 is 0. The van der Waals surface area contributed by atoms with Crippen molar-refractivity contribution in [2.45, 2.75) is 45.4 Å². The van der Waals surface area contributed by atoms with Crippen molar-refractivity contribution in [2.75, 3.05) is 33.1 Å². The molecule has 1 aliphatic rings. The van der Waals surface area contributed by atoms with Crippen LogP contribution in [0.5, 0.6) is 0 Å². The van der Waals surface area contributed by atoms with Crippen LogP contribution < -0.4 is 10.6 Å². The van der Waals surface area contributed by atoms with Gasteiger partial charge in [0.25, 0.3) is 0 Å². The number of nitrogens with zero attached hydrogens (tertiary/aromatic N) is 3. The molecule has 0 spiro atoms. The van der Waals surface area contributed by atoms with Gasteiger partial charge in [0.05, 0.1) is 12.1 Å². The van der Waals surface area contributed by atoms with Gasteiger partial charge in [0.2, 0.25) is 0 Å². The van der Waals surface area contributed by atoms with Gasteiger partial charge in [0.15, 0.2) is 5.82 Å². The summed E-state index contributed by atoms with van der Waals surface area (Å²) in [6, 6.07) is 1.67. The van der Waals surface area contributed by atoms with Crippen molar-refractivity contribution in [1.82, 2.24) is 20.0 Å². The Morgan fingerprint density at radius 2 is 2.17 bits per heavy atom. The number of nitrogens with one attached hydrogen (secondary N) is 2. The number of carbonyl (C=O) groups excluding carboxylic acids is 1. The van der Waals surface area contributed by atoms with Crippen LogP contribution in [0.15, 0.2) is 12.3 Å². The van der Waals surface area contributed by atoms with E-state index in [1.807, 2.05) is 25.0 Å². The number of hydrogen-bond donors (Lipinski definition) is 2. The standard InChI is InChI=1S/C16H29N5O2/c1-15(2)12(11-16(15,3)23-6)17-14(22)18-13-7-8-21(19-13)10-9-20(4)5/h7-8,12H,9-11H2,1-6H3,(H2,17,18,19,22)/t12-,16+/m1/s1. The topological polar surface area (TPSA) is 71.4 Å². The average molecular weight is 323 g/mol. The van der Waals surface area contributed by atoms with Gasteiger partial charge in [-0.25, -0.2) is 4.79 Å². The second kappa shape index (κ2) is 6.49. The molecule has 1 heterocycles. The quantitative estimate of drug-likeness (QED) is 0.837. The zero-order chi connectivity index (χ0) is 17.3. The third-order valence-electron chi connectivity index (χ3n) is 5.24. The third kappa shape index (κ3) is 3.67. The van der Waals surface area contributed by atoms with Crippen LogP contribution in [0.25, 0.3) is 0 Å². The van der Waals surface area contributed by atoms with Crippen LogP contribution in [0, 0.1) is 5.41 Å². The SMILES string of the molecule is CO[C@@]1(C)C[C@@H](NC(=O)Nc2ccn(CCN(C)C)n2)C1(C)C. The molecular weight excluding hydrogens is 294 g/mol. The first kappa shape index (κ1) is 17.7. The zero-order valence-corrected chi connectivity index (χ0v) is 15.0. The molecule has 0 bridgehead atoms. The summed E-state index contributed by atoms with van der Waals surface area (Å²) < 4.78 is 7.40. The average Bonchev–Trinajstić information content (AvgIpc) is 2.91.